The number of rotatable bonds is 11. The molecule has 5 rings (SSSR count). The van der Waals surface area contributed by atoms with E-state index in [4.69, 9.17) is 4.74 Å². The van der Waals surface area contributed by atoms with Crippen LogP contribution < -0.4 is 0 Å². The smallest absolute Gasteiger partial charge is 0.109 e. The highest BCUT2D eigenvalue weighted by atomic mass is 16.5. The molecule has 180 valence electrons. The number of hydrogen-bond donors (Lipinski definition) is 4. The van der Waals surface area contributed by atoms with Gasteiger partial charge in [0.1, 0.15) is 12.2 Å². The summed E-state index contributed by atoms with van der Waals surface area (Å²) in [4.78, 5) is 2.03. The van der Waals surface area contributed by atoms with E-state index in [0.717, 1.165) is 69.6 Å². The summed E-state index contributed by atoms with van der Waals surface area (Å²) in [6, 6.07) is -0.743. The molecule has 0 unspecified atom stereocenters. The topological polar surface area (TPSA) is 93.4 Å². The van der Waals surface area contributed by atoms with Crippen LogP contribution in [-0.4, -0.2) is 82.1 Å². The quantitative estimate of drug-likeness (QED) is 0.369. The van der Waals surface area contributed by atoms with Gasteiger partial charge in [0.2, 0.25) is 0 Å². The molecule has 6 nitrogen and oxygen atoms in total. The minimum Gasteiger partial charge on any atom is -0.395 e. The first-order valence-electron chi connectivity index (χ1n) is 12.9. The van der Waals surface area contributed by atoms with Crippen molar-refractivity contribution < 1.29 is 25.2 Å². The van der Waals surface area contributed by atoms with E-state index >= 15 is 0 Å². The largest absolute Gasteiger partial charge is 0.395 e. The van der Waals surface area contributed by atoms with E-state index in [1.807, 2.05) is 4.90 Å². The highest BCUT2D eigenvalue weighted by Crippen LogP contribution is 2.60. The molecular weight excluding hydrogens is 394 g/mol. The number of nitrogens with zero attached hydrogens (tertiary/aromatic N) is 1. The molecule has 4 bridgehead atoms. The predicted octanol–water partition coefficient (Wildman–Crippen LogP) is 2.32. The van der Waals surface area contributed by atoms with Gasteiger partial charge in [-0.05, 0) is 93.9 Å². The Morgan fingerprint density at radius 1 is 0.839 bits per heavy atom. The molecule has 5 fully saturated rings. The molecule has 4 aliphatic carbocycles. The summed E-state index contributed by atoms with van der Waals surface area (Å²) >= 11 is 0. The van der Waals surface area contributed by atoms with Crippen LogP contribution in [0.2, 0.25) is 0 Å². The SMILES string of the molecule is CCCCN1[C@H](CO)[C@@H](O)[C@H](O)[C@@H](O)[C@@H]1CCCCOCC12CC3CC(CC(C3)C1)C2. The number of piperidine rings is 1. The summed E-state index contributed by atoms with van der Waals surface area (Å²) in [5, 5.41) is 41.0. The lowest BCUT2D eigenvalue weighted by molar-refractivity contribution is -0.172. The molecule has 0 amide bonds. The zero-order valence-electron chi connectivity index (χ0n) is 19.4. The number of ether oxygens (including phenoxy) is 1. The molecular formula is C25H45NO5. The minimum absolute atomic E-state index is 0.209. The van der Waals surface area contributed by atoms with Crippen LogP contribution in [0.15, 0.2) is 0 Å². The molecule has 0 spiro atoms. The van der Waals surface area contributed by atoms with Crippen LogP contribution in [0, 0.1) is 23.2 Å². The Labute approximate surface area is 188 Å². The van der Waals surface area contributed by atoms with E-state index in [9.17, 15) is 20.4 Å². The van der Waals surface area contributed by atoms with Crippen molar-refractivity contribution in [3.05, 3.63) is 0 Å². The lowest BCUT2D eigenvalue weighted by Gasteiger charge is -2.56. The van der Waals surface area contributed by atoms with Crippen molar-refractivity contribution in [2.45, 2.75) is 108 Å². The van der Waals surface area contributed by atoms with Crippen LogP contribution in [0.4, 0.5) is 0 Å². The number of unbranched alkanes of at least 4 members (excludes halogenated alkanes) is 2. The Morgan fingerprint density at radius 3 is 2.03 bits per heavy atom. The van der Waals surface area contributed by atoms with E-state index in [0.29, 0.717) is 5.41 Å². The molecule has 1 aliphatic heterocycles. The Balaban J connectivity index is 1.22. The fraction of sp³-hybridized carbons (Fsp3) is 1.00. The van der Waals surface area contributed by atoms with E-state index in [1.54, 1.807) is 0 Å². The van der Waals surface area contributed by atoms with Crippen molar-refractivity contribution in [3.8, 4) is 0 Å². The zero-order valence-corrected chi connectivity index (χ0v) is 19.4. The first-order chi connectivity index (χ1) is 15.0. The van der Waals surface area contributed by atoms with Gasteiger partial charge in [-0.2, -0.15) is 0 Å². The second-order valence-electron chi connectivity index (χ2n) is 11.3. The first-order valence-corrected chi connectivity index (χ1v) is 12.9. The first kappa shape index (κ1) is 23.9. The molecule has 4 N–H and O–H groups in total. The van der Waals surface area contributed by atoms with Crippen molar-refractivity contribution >= 4 is 0 Å². The molecule has 0 radical (unpaired) electrons. The van der Waals surface area contributed by atoms with Crippen molar-refractivity contribution in [2.75, 3.05) is 26.4 Å². The van der Waals surface area contributed by atoms with Gasteiger partial charge in [0.25, 0.3) is 0 Å². The van der Waals surface area contributed by atoms with Gasteiger partial charge in [0.15, 0.2) is 0 Å². The van der Waals surface area contributed by atoms with Crippen molar-refractivity contribution in [3.63, 3.8) is 0 Å². The fourth-order valence-electron chi connectivity index (χ4n) is 7.83. The number of aliphatic hydroxyl groups is 4. The molecule has 0 aromatic rings. The van der Waals surface area contributed by atoms with Crippen molar-refractivity contribution in [1.82, 2.24) is 4.90 Å². The molecule has 4 saturated carbocycles. The second-order valence-corrected chi connectivity index (χ2v) is 11.3. The van der Waals surface area contributed by atoms with Gasteiger partial charge in [-0.3, -0.25) is 4.90 Å². The van der Waals surface area contributed by atoms with E-state index < -0.39 is 24.4 Å². The standard InChI is InChI=1S/C25H45NO5/c1-2-3-7-26-20(22(28)24(30)23(29)21(26)15-27)6-4-5-8-31-16-25-12-17-9-18(13-25)11-19(10-17)14-25/h17-24,27-30H,2-16H2,1H3/t17?,18?,19?,20-,21+,22-,23+,24+,25?/m0/s1. The maximum Gasteiger partial charge on any atom is 0.109 e. The maximum atomic E-state index is 10.6. The summed E-state index contributed by atoms with van der Waals surface area (Å²) in [5.74, 6) is 2.87. The molecule has 5 aliphatic rings. The monoisotopic (exact) mass is 439 g/mol. The third kappa shape index (κ3) is 5.15. The lowest BCUT2D eigenvalue weighted by atomic mass is 9.50. The van der Waals surface area contributed by atoms with E-state index in [-0.39, 0.29) is 12.6 Å². The van der Waals surface area contributed by atoms with Gasteiger partial charge in [0, 0.05) is 12.6 Å². The average molecular weight is 440 g/mol. The highest BCUT2D eigenvalue weighted by molar-refractivity contribution is 5.02. The number of aliphatic hydroxyl groups excluding tert-OH is 4. The van der Waals surface area contributed by atoms with Crippen LogP contribution in [0.25, 0.3) is 0 Å². The molecule has 0 aromatic carbocycles. The van der Waals surface area contributed by atoms with Gasteiger partial charge in [-0.25, -0.2) is 0 Å². The normalized spacial score (nSPS) is 44.8. The van der Waals surface area contributed by atoms with Crippen LogP contribution >= 0.6 is 0 Å². The third-order valence-corrected chi connectivity index (χ3v) is 8.91. The molecule has 6 heteroatoms. The van der Waals surface area contributed by atoms with Crippen LogP contribution in [0.5, 0.6) is 0 Å². The third-order valence-electron chi connectivity index (χ3n) is 8.91. The Hall–Kier alpha value is -0.240. The summed E-state index contributed by atoms with van der Waals surface area (Å²) in [7, 11) is 0. The predicted molar refractivity (Wildman–Crippen MR) is 120 cm³/mol. The van der Waals surface area contributed by atoms with Crippen molar-refractivity contribution in [1.29, 1.82) is 0 Å². The number of likely N-dealkylation sites (tertiary alicyclic amines) is 1. The van der Waals surface area contributed by atoms with Gasteiger partial charge in [0.05, 0.1) is 25.4 Å². The summed E-state index contributed by atoms with van der Waals surface area (Å²) in [6.45, 7) is 4.29. The number of hydrogen-bond acceptors (Lipinski definition) is 6. The summed E-state index contributed by atoms with van der Waals surface area (Å²) < 4.78 is 6.20. The van der Waals surface area contributed by atoms with E-state index in [1.165, 1.54) is 38.5 Å². The van der Waals surface area contributed by atoms with E-state index in [2.05, 4.69) is 6.92 Å². The maximum absolute atomic E-state index is 10.6. The Morgan fingerprint density at radius 2 is 1.45 bits per heavy atom. The van der Waals surface area contributed by atoms with Gasteiger partial charge in [-0.1, -0.05) is 13.3 Å². The lowest BCUT2D eigenvalue weighted by Crippen LogP contribution is -2.67. The second kappa shape index (κ2) is 10.4. The van der Waals surface area contributed by atoms with Gasteiger partial charge < -0.3 is 25.2 Å². The molecule has 5 atom stereocenters. The summed E-state index contributed by atoms with van der Waals surface area (Å²) in [6.07, 6.45) is 9.77. The molecule has 1 saturated heterocycles. The Bertz CT molecular complexity index is 537. The summed E-state index contributed by atoms with van der Waals surface area (Å²) in [5.41, 5.74) is 0.458. The van der Waals surface area contributed by atoms with Crippen LogP contribution in [-0.2, 0) is 4.74 Å². The Kier molecular flexibility index (Phi) is 7.98. The highest BCUT2D eigenvalue weighted by Gasteiger charge is 2.51. The van der Waals surface area contributed by atoms with Crippen LogP contribution in [0.1, 0.15) is 77.6 Å². The fourth-order valence-corrected chi connectivity index (χ4v) is 7.83. The van der Waals surface area contributed by atoms with Gasteiger partial charge >= 0.3 is 0 Å². The molecule has 31 heavy (non-hydrogen) atoms. The van der Waals surface area contributed by atoms with Gasteiger partial charge in [-0.15, -0.1) is 0 Å². The van der Waals surface area contributed by atoms with Crippen molar-refractivity contribution in [2.24, 2.45) is 23.2 Å². The minimum atomic E-state index is -1.20. The zero-order chi connectivity index (χ0) is 22.0. The molecule has 1 heterocycles. The van der Waals surface area contributed by atoms with Crippen LogP contribution in [0.3, 0.4) is 0 Å². The molecule has 0 aromatic heterocycles. The average Bonchev–Trinajstić information content (AvgIpc) is 2.73.